The van der Waals surface area contributed by atoms with Gasteiger partial charge in [0.25, 0.3) is 0 Å². The number of hydrogen-bond donors (Lipinski definition) is 3. The highest BCUT2D eigenvalue weighted by Gasteiger charge is 2.14. The third kappa shape index (κ3) is 6.86. The van der Waals surface area contributed by atoms with Gasteiger partial charge < -0.3 is 15.4 Å². The van der Waals surface area contributed by atoms with Gasteiger partial charge in [-0.3, -0.25) is 14.4 Å². The highest BCUT2D eigenvalue weighted by Crippen LogP contribution is 2.18. The maximum absolute atomic E-state index is 12.4. The highest BCUT2D eigenvalue weighted by atomic mass is 16.5. The van der Waals surface area contributed by atoms with Gasteiger partial charge in [-0.2, -0.15) is 5.10 Å². The number of carbonyl (C=O) groups is 4. The number of ether oxygens (including phenoxy) is 1. The van der Waals surface area contributed by atoms with Crippen molar-refractivity contribution in [3.05, 3.63) is 89.5 Å². The number of hydrogen-bond acceptors (Lipinski definition) is 6. The summed E-state index contributed by atoms with van der Waals surface area (Å²) in [6, 6.07) is 19.8. The van der Waals surface area contributed by atoms with Crippen LogP contribution in [0.25, 0.3) is 0 Å². The van der Waals surface area contributed by atoms with E-state index < -0.39 is 17.8 Å². The Labute approximate surface area is 195 Å². The second-order valence-corrected chi connectivity index (χ2v) is 7.21. The Hall–Kier alpha value is -4.79. The van der Waals surface area contributed by atoms with Crippen molar-refractivity contribution in [1.29, 1.82) is 0 Å². The Morgan fingerprint density at radius 1 is 0.794 bits per heavy atom. The van der Waals surface area contributed by atoms with E-state index in [1.54, 1.807) is 60.7 Å². The zero-order chi connectivity index (χ0) is 24.5. The second kappa shape index (κ2) is 11.2. The Kier molecular flexibility index (Phi) is 7.85. The average Bonchev–Trinajstić information content (AvgIpc) is 2.81. The number of benzene rings is 3. The van der Waals surface area contributed by atoms with Crippen molar-refractivity contribution in [1.82, 2.24) is 5.43 Å². The van der Waals surface area contributed by atoms with Crippen LogP contribution in [0.2, 0.25) is 0 Å². The molecule has 3 amide bonds. The summed E-state index contributed by atoms with van der Waals surface area (Å²) in [4.78, 5) is 47.6. The first-order valence-electron chi connectivity index (χ1n) is 10.2. The number of para-hydroxylation sites is 1. The van der Waals surface area contributed by atoms with Gasteiger partial charge in [0.2, 0.25) is 5.91 Å². The van der Waals surface area contributed by atoms with E-state index in [1.807, 2.05) is 19.1 Å². The first kappa shape index (κ1) is 23.9. The zero-order valence-corrected chi connectivity index (χ0v) is 18.5. The second-order valence-electron chi connectivity index (χ2n) is 7.21. The molecule has 3 aromatic carbocycles. The molecule has 0 aliphatic heterocycles. The van der Waals surface area contributed by atoms with Crippen LogP contribution in [0, 0.1) is 6.92 Å². The van der Waals surface area contributed by atoms with Gasteiger partial charge in [-0.1, -0.05) is 29.8 Å². The van der Waals surface area contributed by atoms with Crippen molar-refractivity contribution < 1.29 is 23.9 Å². The van der Waals surface area contributed by atoms with E-state index in [2.05, 4.69) is 21.2 Å². The Morgan fingerprint density at radius 2 is 1.41 bits per heavy atom. The minimum atomic E-state index is -0.990. The molecule has 3 N–H and O–H groups in total. The number of anilines is 2. The van der Waals surface area contributed by atoms with Crippen molar-refractivity contribution in [2.24, 2.45) is 5.10 Å². The maximum atomic E-state index is 12.4. The molecule has 9 heteroatoms. The van der Waals surface area contributed by atoms with Gasteiger partial charge in [0.05, 0.1) is 11.8 Å². The molecule has 0 spiro atoms. The van der Waals surface area contributed by atoms with Gasteiger partial charge >= 0.3 is 17.8 Å². The molecular formula is C25H22N4O5. The topological polar surface area (TPSA) is 126 Å². The summed E-state index contributed by atoms with van der Waals surface area (Å²) in [5, 5.41) is 8.80. The van der Waals surface area contributed by atoms with E-state index in [0.29, 0.717) is 22.5 Å². The predicted octanol–water partition coefficient (Wildman–Crippen LogP) is 3.26. The third-order valence-electron chi connectivity index (χ3n) is 4.45. The fourth-order valence-electron chi connectivity index (χ4n) is 2.77. The van der Waals surface area contributed by atoms with Crippen molar-refractivity contribution in [2.45, 2.75) is 13.8 Å². The van der Waals surface area contributed by atoms with Crippen molar-refractivity contribution >= 4 is 41.3 Å². The summed E-state index contributed by atoms with van der Waals surface area (Å²) in [5.74, 6) is -2.43. The lowest BCUT2D eigenvalue weighted by Crippen LogP contribution is -2.32. The number of amides is 3. The minimum absolute atomic E-state index is 0.222. The zero-order valence-electron chi connectivity index (χ0n) is 18.5. The Bertz CT molecular complexity index is 1230. The van der Waals surface area contributed by atoms with E-state index >= 15 is 0 Å². The van der Waals surface area contributed by atoms with Crippen LogP contribution < -0.4 is 20.8 Å². The molecule has 0 fully saturated rings. The van der Waals surface area contributed by atoms with Crippen LogP contribution in [0.3, 0.4) is 0 Å². The van der Waals surface area contributed by atoms with Gasteiger partial charge in [-0.15, -0.1) is 0 Å². The first-order valence-corrected chi connectivity index (χ1v) is 10.2. The number of rotatable bonds is 6. The van der Waals surface area contributed by atoms with Gasteiger partial charge in [0.1, 0.15) is 5.75 Å². The number of nitrogens with zero attached hydrogens (tertiary/aromatic N) is 1. The molecule has 0 aliphatic carbocycles. The van der Waals surface area contributed by atoms with Gasteiger partial charge in [-0.05, 0) is 55.5 Å². The summed E-state index contributed by atoms with van der Waals surface area (Å²) in [7, 11) is 0. The van der Waals surface area contributed by atoms with Crippen LogP contribution in [0.1, 0.15) is 28.4 Å². The van der Waals surface area contributed by atoms with E-state index in [9.17, 15) is 19.2 Å². The molecule has 0 aromatic heterocycles. The number of nitrogens with one attached hydrogen (secondary N) is 3. The molecule has 0 heterocycles. The summed E-state index contributed by atoms with van der Waals surface area (Å²) >= 11 is 0. The van der Waals surface area contributed by atoms with Gasteiger partial charge in [0.15, 0.2) is 0 Å². The first-order chi connectivity index (χ1) is 16.3. The average molecular weight is 458 g/mol. The molecule has 172 valence electrons. The molecule has 0 unspecified atom stereocenters. The van der Waals surface area contributed by atoms with Crippen LogP contribution in [-0.2, 0) is 14.4 Å². The molecule has 3 aromatic rings. The van der Waals surface area contributed by atoms with Gasteiger partial charge in [0, 0.05) is 23.9 Å². The molecule has 3 rings (SSSR count). The molecule has 0 bridgehead atoms. The lowest BCUT2D eigenvalue weighted by molar-refractivity contribution is -0.136. The Balaban J connectivity index is 1.57. The smallest absolute Gasteiger partial charge is 0.343 e. The summed E-state index contributed by atoms with van der Waals surface area (Å²) in [6.07, 6.45) is 1.27. The number of hydrazone groups is 1. The number of esters is 1. The van der Waals surface area contributed by atoms with Crippen molar-refractivity contribution in [3.63, 3.8) is 0 Å². The van der Waals surface area contributed by atoms with E-state index in [0.717, 1.165) is 5.56 Å². The summed E-state index contributed by atoms with van der Waals surface area (Å²) in [5.41, 5.74) is 4.90. The predicted molar refractivity (Wildman–Crippen MR) is 128 cm³/mol. The molecule has 0 atom stereocenters. The molecule has 34 heavy (non-hydrogen) atoms. The molecule has 0 aliphatic rings. The van der Waals surface area contributed by atoms with E-state index in [4.69, 9.17) is 4.74 Å². The third-order valence-corrected chi connectivity index (χ3v) is 4.45. The molecule has 0 saturated carbocycles. The largest absolute Gasteiger partial charge is 0.422 e. The fraction of sp³-hybridized carbons (Fsp3) is 0.0800. The molecule has 0 radical (unpaired) electrons. The summed E-state index contributed by atoms with van der Waals surface area (Å²) < 4.78 is 5.44. The monoisotopic (exact) mass is 458 g/mol. The minimum Gasteiger partial charge on any atom is -0.422 e. The summed E-state index contributed by atoms with van der Waals surface area (Å²) in [6.45, 7) is 3.30. The van der Waals surface area contributed by atoms with Crippen LogP contribution in [0.5, 0.6) is 5.75 Å². The van der Waals surface area contributed by atoms with Crippen LogP contribution in [-0.4, -0.2) is 29.9 Å². The van der Waals surface area contributed by atoms with Crippen LogP contribution in [0.4, 0.5) is 11.4 Å². The van der Waals surface area contributed by atoms with Gasteiger partial charge in [-0.25, -0.2) is 10.2 Å². The molecular weight excluding hydrogens is 436 g/mol. The van der Waals surface area contributed by atoms with E-state index in [-0.39, 0.29) is 11.7 Å². The van der Waals surface area contributed by atoms with Crippen LogP contribution >= 0.6 is 0 Å². The molecule has 0 saturated heterocycles. The lowest BCUT2D eigenvalue weighted by atomic mass is 10.1. The van der Waals surface area contributed by atoms with Crippen LogP contribution in [0.15, 0.2) is 77.9 Å². The normalized spacial score (nSPS) is 10.4. The van der Waals surface area contributed by atoms with Crippen molar-refractivity contribution in [3.8, 4) is 5.75 Å². The highest BCUT2D eigenvalue weighted by molar-refractivity contribution is 6.39. The quantitative estimate of drug-likeness (QED) is 0.172. The maximum Gasteiger partial charge on any atom is 0.343 e. The standard InChI is InChI=1S/C25H22N4O5/c1-16-7-9-18(10-8-16)25(33)34-22-6-4-3-5-19(22)15-26-29-24(32)23(31)28-21-13-11-20(12-14-21)27-17(2)30/h3-15H,1-2H3,(H,27,30)(H,28,31)(H,29,32). The van der Waals surface area contributed by atoms with Crippen molar-refractivity contribution in [2.75, 3.05) is 10.6 Å². The fourth-order valence-corrected chi connectivity index (χ4v) is 2.77. The molecule has 9 nitrogen and oxygen atoms in total. The number of carbonyl (C=O) groups excluding carboxylic acids is 4. The SMILES string of the molecule is CC(=O)Nc1ccc(NC(=O)C(=O)NN=Cc2ccccc2OC(=O)c2ccc(C)cc2)cc1. The lowest BCUT2D eigenvalue weighted by Gasteiger charge is -2.08. The van der Waals surface area contributed by atoms with E-state index in [1.165, 1.54) is 13.1 Å². The Morgan fingerprint density at radius 3 is 2.06 bits per heavy atom. The number of aryl methyl sites for hydroxylation is 1.